The minimum absolute atomic E-state index is 0.737. The van der Waals surface area contributed by atoms with E-state index in [1.807, 2.05) is 19.3 Å². The molecule has 5 heteroatoms. The van der Waals surface area contributed by atoms with Crippen molar-refractivity contribution in [2.75, 3.05) is 44.2 Å². The summed E-state index contributed by atoms with van der Waals surface area (Å²) in [6.45, 7) is 7.93. The number of nitrogens with zero attached hydrogens (tertiary/aromatic N) is 4. The van der Waals surface area contributed by atoms with Gasteiger partial charge in [0.25, 0.3) is 0 Å². The quantitative estimate of drug-likeness (QED) is 0.814. The van der Waals surface area contributed by atoms with E-state index in [1.165, 1.54) is 0 Å². The third kappa shape index (κ3) is 3.38. The van der Waals surface area contributed by atoms with Gasteiger partial charge in [-0.15, -0.1) is 0 Å². The molecule has 1 saturated heterocycles. The van der Waals surface area contributed by atoms with E-state index in [9.17, 15) is 0 Å². The minimum Gasteiger partial charge on any atom is -0.339 e. The fourth-order valence-corrected chi connectivity index (χ4v) is 2.13. The van der Waals surface area contributed by atoms with Gasteiger partial charge in [0, 0.05) is 45.1 Å². The Hall–Kier alpha value is -1.20. The van der Waals surface area contributed by atoms with Crippen LogP contribution in [-0.2, 0) is 0 Å². The van der Waals surface area contributed by atoms with Crippen molar-refractivity contribution in [2.45, 2.75) is 13.3 Å². The Bertz CT molecular complexity index is 337. The molecule has 1 aliphatic heterocycles. The van der Waals surface area contributed by atoms with Crippen LogP contribution in [0.3, 0.4) is 0 Å². The van der Waals surface area contributed by atoms with E-state index in [0.29, 0.717) is 0 Å². The largest absolute Gasteiger partial charge is 0.339 e. The van der Waals surface area contributed by atoms with Crippen LogP contribution in [-0.4, -0.2) is 54.1 Å². The predicted octanol–water partition coefficient (Wildman–Crippen LogP) is 0.256. The van der Waals surface area contributed by atoms with Gasteiger partial charge in [0.2, 0.25) is 5.95 Å². The number of anilines is 1. The van der Waals surface area contributed by atoms with Gasteiger partial charge in [0.05, 0.1) is 0 Å². The van der Waals surface area contributed by atoms with Gasteiger partial charge in [0.15, 0.2) is 0 Å². The van der Waals surface area contributed by atoms with Crippen molar-refractivity contribution in [1.82, 2.24) is 14.9 Å². The molecule has 0 aromatic carbocycles. The molecule has 2 rings (SSSR count). The maximum Gasteiger partial charge on any atom is 0.225 e. The molecule has 0 amide bonds. The van der Waals surface area contributed by atoms with E-state index in [1.54, 1.807) is 0 Å². The van der Waals surface area contributed by atoms with E-state index in [4.69, 9.17) is 5.73 Å². The maximum atomic E-state index is 5.59. The normalized spacial score (nSPS) is 18.1. The molecule has 94 valence electrons. The summed E-state index contributed by atoms with van der Waals surface area (Å²) in [5.41, 5.74) is 6.70. The van der Waals surface area contributed by atoms with Crippen LogP contribution in [0.25, 0.3) is 0 Å². The Kier molecular flexibility index (Phi) is 4.28. The molecule has 17 heavy (non-hydrogen) atoms. The van der Waals surface area contributed by atoms with E-state index in [2.05, 4.69) is 19.8 Å². The molecule has 1 aromatic rings. The number of hydrogen-bond acceptors (Lipinski definition) is 5. The van der Waals surface area contributed by atoms with Crippen molar-refractivity contribution in [1.29, 1.82) is 0 Å². The Balaban J connectivity index is 1.96. The molecular formula is C12H21N5. The third-order valence-corrected chi connectivity index (χ3v) is 3.08. The molecular weight excluding hydrogens is 214 g/mol. The molecule has 0 aliphatic carbocycles. The standard InChI is InChI=1S/C12H21N5/c1-11-9-14-12(15-10-11)17-5-2-4-16(6-3-13)7-8-17/h9-10H,2-8,13H2,1H3. The molecule has 0 atom stereocenters. The first-order chi connectivity index (χ1) is 8.29. The van der Waals surface area contributed by atoms with Crippen LogP contribution in [0.4, 0.5) is 5.95 Å². The van der Waals surface area contributed by atoms with Crippen LogP contribution in [0.5, 0.6) is 0 Å². The first-order valence-corrected chi connectivity index (χ1v) is 6.25. The van der Waals surface area contributed by atoms with E-state index < -0.39 is 0 Å². The minimum atomic E-state index is 0.737. The number of nitrogens with two attached hydrogens (primary N) is 1. The molecule has 0 bridgehead atoms. The van der Waals surface area contributed by atoms with Crippen molar-refractivity contribution < 1.29 is 0 Å². The average molecular weight is 235 g/mol. The second kappa shape index (κ2) is 5.93. The summed E-state index contributed by atoms with van der Waals surface area (Å²) < 4.78 is 0. The summed E-state index contributed by atoms with van der Waals surface area (Å²) in [5, 5.41) is 0. The monoisotopic (exact) mass is 235 g/mol. The van der Waals surface area contributed by atoms with Crippen LogP contribution in [0, 0.1) is 6.92 Å². The molecule has 5 nitrogen and oxygen atoms in total. The van der Waals surface area contributed by atoms with Crippen molar-refractivity contribution >= 4 is 5.95 Å². The Morgan fingerprint density at radius 3 is 2.65 bits per heavy atom. The van der Waals surface area contributed by atoms with Crippen LogP contribution in [0.15, 0.2) is 12.4 Å². The topological polar surface area (TPSA) is 58.3 Å². The average Bonchev–Trinajstić information content (AvgIpc) is 2.56. The van der Waals surface area contributed by atoms with Crippen molar-refractivity contribution in [3.8, 4) is 0 Å². The highest BCUT2D eigenvalue weighted by Gasteiger charge is 2.15. The molecule has 2 heterocycles. The molecule has 2 N–H and O–H groups in total. The SMILES string of the molecule is Cc1cnc(N2CCCN(CCN)CC2)nc1. The van der Waals surface area contributed by atoms with Gasteiger partial charge in [-0.2, -0.15) is 0 Å². The Labute approximate surface area is 103 Å². The maximum absolute atomic E-state index is 5.59. The lowest BCUT2D eigenvalue weighted by molar-refractivity contribution is 0.302. The first kappa shape index (κ1) is 12.3. The zero-order valence-corrected chi connectivity index (χ0v) is 10.5. The summed E-state index contributed by atoms with van der Waals surface area (Å²) in [6.07, 6.45) is 4.91. The van der Waals surface area contributed by atoms with Crippen molar-refractivity contribution in [2.24, 2.45) is 5.73 Å². The lowest BCUT2D eigenvalue weighted by atomic mass is 10.4. The highest BCUT2D eigenvalue weighted by atomic mass is 15.3. The molecule has 0 saturated carbocycles. The predicted molar refractivity (Wildman–Crippen MR) is 69.1 cm³/mol. The number of aryl methyl sites for hydroxylation is 1. The summed E-state index contributed by atoms with van der Waals surface area (Å²) in [5.74, 6) is 0.852. The van der Waals surface area contributed by atoms with E-state index in [-0.39, 0.29) is 0 Å². The smallest absolute Gasteiger partial charge is 0.225 e. The first-order valence-electron chi connectivity index (χ1n) is 6.25. The molecule has 1 aliphatic rings. The van der Waals surface area contributed by atoms with Crippen molar-refractivity contribution in [3.05, 3.63) is 18.0 Å². The number of rotatable bonds is 3. The Morgan fingerprint density at radius 2 is 1.94 bits per heavy atom. The second-order valence-electron chi connectivity index (χ2n) is 4.53. The van der Waals surface area contributed by atoms with E-state index in [0.717, 1.165) is 57.2 Å². The highest BCUT2D eigenvalue weighted by Crippen LogP contribution is 2.10. The van der Waals surface area contributed by atoms with Gasteiger partial charge >= 0.3 is 0 Å². The summed E-state index contributed by atoms with van der Waals surface area (Å²) in [4.78, 5) is 13.4. The van der Waals surface area contributed by atoms with E-state index >= 15 is 0 Å². The van der Waals surface area contributed by atoms with Gasteiger partial charge in [0.1, 0.15) is 0 Å². The Morgan fingerprint density at radius 1 is 1.18 bits per heavy atom. The molecule has 0 unspecified atom stereocenters. The second-order valence-corrected chi connectivity index (χ2v) is 4.53. The van der Waals surface area contributed by atoms with Gasteiger partial charge in [-0.3, -0.25) is 0 Å². The van der Waals surface area contributed by atoms with Gasteiger partial charge < -0.3 is 15.5 Å². The lowest BCUT2D eigenvalue weighted by Crippen LogP contribution is -2.34. The van der Waals surface area contributed by atoms with Gasteiger partial charge in [-0.1, -0.05) is 0 Å². The van der Waals surface area contributed by atoms with Crippen LogP contribution in [0.2, 0.25) is 0 Å². The summed E-state index contributed by atoms with van der Waals surface area (Å²) >= 11 is 0. The van der Waals surface area contributed by atoms with Crippen LogP contribution in [0.1, 0.15) is 12.0 Å². The highest BCUT2D eigenvalue weighted by molar-refractivity contribution is 5.29. The van der Waals surface area contributed by atoms with Crippen LogP contribution >= 0.6 is 0 Å². The molecule has 1 fully saturated rings. The van der Waals surface area contributed by atoms with Crippen molar-refractivity contribution in [3.63, 3.8) is 0 Å². The zero-order valence-electron chi connectivity index (χ0n) is 10.5. The van der Waals surface area contributed by atoms with Gasteiger partial charge in [-0.05, 0) is 25.5 Å². The zero-order chi connectivity index (χ0) is 12.1. The fourth-order valence-electron chi connectivity index (χ4n) is 2.13. The molecule has 1 aromatic heterocycles. The van der Waals surface area contributed by atoms with Gasteiger partial charge in [-0.25, -0.2) is 9.97 Å². The summed E-state index contributed by atoms with van der Waals surface area (Å²) in [7, 11) is 0. The third-order valence-electron chi connectivity index (χ3n) is 3.08. The number of hydrogen-bond donors (Lipinski definition) is 1. The summed E-state index contributed by atoms with van der Waals surface area (Å²) in [6, 6.07) is 0. The molecule has 0 radical (unpaired) electrons. The van der Waals surface area contributed by atoms with Crippen LogP contribution < -0.4 is 10.6 Å². The number of aromatic nitrogens is 2. The fraction of sp³-hybridized carbons (Fsp3) is 0.667. The molecule has 0 spiro atoms. The lowest BCUT2D eigenvalue weighted by Gasteiger charge is -2.21.